The highest BCUT2D eigenvalue weighted by Crippen LogP contribution is 2.36. The van der Waals surface area contributed by atoms with Gasteiger partial charge in [-0.2, -0.15) is 18.4 Å². The minimum absolute atomic E-state index is 0.298. The Morgan fingerprint density at radius 3 is 2.23 bits per heavy atom. The van der Waals surface area contributed by atoms with Gasteiger partial charge in [-0.3, -0.25) is 0 Å². The van der Waals surface area contributed by atoms with Crippen LogP contribution in [0.15, 0.2) is 10.6 Å². The molecule has 0 N–H and O–H groups in total. The summed E-state index contributed by atoms with van der Waals surface area (Å²) >= 11 is 5.19. The van der Waals surface area contributed by atoms with Gasteiger partial charge in [0.1, 0.15) is 11.1 Å². The molecule has 1 unspecified atom stereocenters. The largest absolute Gasteiger partial charge is 0.415 e. The van der Waals surface area contributed by atoms with Crippen molar-refractivity contribution in [3.8, 4) is 6.07 Å². The summed E-state index contributed by atoms with van der Waals surface area (Å²) < 4.78 is 36.9. The molecule has 0 aliphatic carbocycles. The Morgan fingerprint density at radius 1 is 1.54 bits per heavy atom. The highest BCUT2D eigenvalue weighted by atomic mass is 35.5. The van der Waals surface area contributed by atoms with Crippen LogP contribution in [0.5, 0.6) is 0 Å². The number of rotatable bonds is 2. The maximum atomic E-state index is 12.3. The fourth-order valence-electron chi connectivity index (χ4n) is 0.885. The van der Waals surface area contributed by atoms with Gasteiger partial charge < -0.3 is 0 Å². The summed E-state index contributed by atoms with van der Waals surface area (Å²) in [6.07, 6.45) is -4.21. The monoisotopic (exact) mass is 211 g/mol. The third-order valence-corrected chi connectivity index (χ3v) is 2.03. The maximum Gasteiger partial charge on any atom is 0.415 e. The Hall–Kier alpha value is -0.690. The zero-order valence-electron chi connectivity index (χ0n) is 7.24. The first-order valence-electron chi connectivity index (χ1n) is 3.71. The maximum absolute atomic E-state index is 12.3. The van der Waals surface area contributed by atoms with E-state index < -0.39 is 22.7 Å². The predicted octanol–water partition coefficient (Wildman–Crippen LogP) is 3.61. The van der Waals surface area contributed by atoms with Crippen molar-refractivity contribution in [2.45, 2.75) is 26.4 Å². The molecule has 0 fully saturated rings. The molecule has 0 saturated carbocycles. The fourth-order valence-corrected chi connectivity index (χ4v) is 1.18. The first-order valence-corrected chi connectivity index (χ1v) is 4.09. The molecule has 5 heteroatoms. The van der Waals surface area contributed by atoms with E-state index in [2.05, 4.69) is 0 Å². The summed E-state index contributed by atoms with van der Waals surface area (Å²) in [4.78, 5) is 0. The van der Waals surface area contributed by atoms with E-state index in [1.165, 1.54) is 13.0 Å². The molecule has 0 aromatic heterocycles. The lowest BCUT2D eigenvalue weighted by atomic mass is 9.98. The van der Waals surface area contributed by atoms with Gasteiger partial charge in [0.25, 0.3) is 0 Å². The number of nitrogens with zero attached hydrogens (tertiary/aromatic N) is 1. The van der Waals surface area contributed by atoms with Gasteiger partial charge >= 0.3 is 6.18 Å². The molecular weight excluding hydrogens is 203 g/mol. The van der Waals surface area contributed by atoms with Gasteiger partial charge in [-0.25, -0.2) is 0 Å². The summed E-state index contributed by atoms with van der Waals surface area (Å²) in [5.74, 6) is -0.743. The van der Waals surface area contributed by atoms with E-state index >= 15 is 0 Å². The van der Waals surface area contributed by atoms with E-state index in [0.717, 1.165) is 0 Å². The van der Waals surface area contributed by atoms with Crippen molar-refractivity contribution >= 4 is 11.6 Å². The zero-order valence-corrected chi connectivity index (χ0v) is 8.00. The number of hydrogen-bond acceptors (Lipinski definition) is 1. The van der Waals surface area contributed by atoms with Crippen LogP contribution in [-0.2, 0) is 0 Å². The van der Waals surface area contributed by atoms with Crippen molar-refractivity contribution < 1.29 is 13.2 Å². The van der Waals surface area contributed by atoms with Gasteiger partial charge in [0.05, 0.1) is 5.57 Å². The van der Waals surface area contributed by atoms with Gasteiger partial charge in [0, 0.05) is 0 Å². The molecule has 0 saturated heterocycles. The molecule has 1 nitrogen and oxygen atoms in total. The van der Waals surface area contributed by atoms with Gasteiger partial charge in [0.15, 0.2) is 0 Å². The molecule has 0 aliphatic heterocycles. The number of alkyl halides is 3. The van der Waals surface area contributed by atoms with Crippen LogP contribution < -0.4 is 0 Å². The molecule has 0 heterocycles. The molecule has 0 rings (SSSR count). The van der Waals surface area contributed by atoms with Crippen LogP contribution in [0.25, 0.3) is 0 Å². The summed E-state index contributed by atoms with van der Waals surface area (Å²) in [6, 6.07) is 1.31. The lowest BCUT2D eigenvalue weighted by Crippen LogP contribution is -2.19. The Balaban J connectivity index is 5.14. The number of nitriles is 1. The molecule has 0 radical (unpaired) electrons. The average molecular weight is 212 g/mol. The average Bonchev–Trinajstić information content (AvgIpc) is 2.01. The van der Waals surface area contributed by atoms with Crippen LogP contribution in [0.4, 0.5) is 13.2 Å². The normalized spacial score (nSPS) is 16.1. The van der Waals surface area contributed by atoms with Crippen LogP contribution >= 0.6 is 11.6 Å². The van der Waals surface area contributed by atoms with Gasteiger partial charge in [-0.05, 0) is 12.3 Å². The first-order chi connectivity index (χ1) is 5.84. The van der Waals surface area contributed by atoms with E-state index in [-0.39, 0.29) is 0 Å². The lowest BCUT2D eigenvalue weighted by molar-refractivity contribution is -0.0986. The van der Waals surface area contributed by atoms with Gasteiger partial charge in [0.2, 0.25) is 0 Å². The van der Waals surface area contributed by atoms with E-state index in [0.29, 0.717) is 6.42 Å². The number of allylic oxidation sites excluding steroid dienone is 2. The third kappa shape index (κ3) is 3.27. The number of halogens is 4. The SMILES string of the molecule is CCC(C)/C(=C(\Cl)C#N)C(F)(F)F. The second-order valence-electron chi connectivity index (χ2n) is 2.65. The van der Waals surface area contributed by atoms with Crippen molar-refractivity contribution in [2.24, 2.45) is 5.92 Å². The molecule has 0 spiro atoms. The lowest BCUT2D eigenvalue weighted by Gasteiger charge is -2.16. The Bertz CT molecular complexity index is 249. The predicted molar refractivity (Wildman–Crippen MR) is 44.0 cm³/mol. The van der Waals surface area contributed by atoms with Crippen LogP contribution in [0.1, 0.15) is 20.3 Å². The molecule has 0 bridgehead atoms. The second-order valence-corrected chi connectivity index (χ2v) is 3.02. The molecule has 0 amide bonds. The highest BCUT2D eigenvalue weighted by molar-refractivity contribution is 6.32. The Morgan fingerprint density at radius 2 is 2.00 bits per heavy atom. The fraction of sp³-hybridized carbons (Fsp3) is 0.625. The van der Waals surface area contributed by atoms with Gasteiger partial charge in [-0.15, -0.1) is 0 Å². The quantitative estimate of drug-likeness (QED) is 0.640. The molecule has 0 aromatic rings. The van der Waals surface area contributed by atoms with Crippen molar-refractivity contribution in [3.05, 3.63) is 10.6 Å². The smallest absolute Gasteiger partial charge is 0.191 e. The van der Waals surface area contributed by atoms with E-state index in [4.69, 9.17) is 16.9 Å². The van der Waals surface area contributed by atoms with E-state index in [1.54, 1.807) is 6.92 Å². The molecule has 1 atom stereocenters. The van der Waals surface area contributed by atoms with Crippen molar-refractivity contribution in [2.75, 3.05) is 0 Å². The second kappa shape index (κ2) is 4.52. The van der Waals surface area contributed by atoms with Gasteiger partial charge in [-0.1, -0.05) is 25.4 Å². The summed E-state index contributed by atoms with van der Waals surface area (Å²) in [7, 11) is 0. The van der Waals surface area contributed by atoms with Crippen LogP contribution in [0, 0.1) is 17.2 Å². The summed E-state index contributed by atoms with van der Waals surface area (Å²) in [5, 5.41) is 7.51. The minimum Gasteiger partial charge on any atom is -0.191 e. The molecule has 0 aliphatic rings. The standard InChI is InChI=1S/C8H9ClF3N/c1-3-5(2)7(6(9)4-13)8(10,11)12/h5H,3H2,1-2H3/b7-6+. The molecule has 0 aromatic carbocycles. The molecule has 74 valence electrons. The van der Waals surface area contributed by atoms with Crippen molar-refractivity contribution in [1.29, 1.82) is 5.26 Å². The summed E-state index contributed by atoms with van der Waals surface area (Å²) in [6.45, 7) is 3.00. The minimum atomic E-state index is -4.51. The van der Waals surface area contributed by atoms with Crippen LogP contribution in [-0.4, -0.2) is 6.18 Å². The Labute approximate surface area is 79.8 Å². The third-order valence-electron chi connectivity index (χ3n) is 1.75. The van der Waals surface area contributed by atoms with E-state index in [9.17, 15) is 13.2 Å². The van der Waals surface area contributed by atoms with Crippen molar-refractivity contribution in [1.82, 2.24) is 0 Å². The van der Waals surface area contributed by atoms with Crippen LogP contribution in [0.2, 0.25) is 0 Å². The topological polar surface area (TPSA) is 23.8 Å². The molecular formula is C8H9ClF3N. The highest BCUT2D eigenvalue weighted by Gasteiger charge is 2.38. The zero-order chi connectivity index (χ0) is 10.6. The molecule has 13 heavy (non-hydrogen) atoms. The van der Waals surface area contributed by atoms with E-state index in [1.807, 2.05) is 0 Å². The summed E-state index contributed by atoms with van der Waals surface area (Å²) in [5.41, 5.74) is -0.931. The number of hydrogen-bond donors (Lipinski definition) is 0. The van der Waals surface area contributed by atoms with Crippen LogP contribution in [0.3, 0.4) is 0 Å². The van der Waals surface area contributed by atoms with Crippen molar-refractivity contribution in [3.63, 3.8) is 0 Å². The Kier molecular flexibility index (Phi) is 4.28. The first kappa shape index (κ1) is 12.3.